The summed E-state index contributed by atoms with van der Waals surface area (Å²) in [6.45, 7) is 1.87. The largest absolute Gasteiger partial charge is 0.345 e. The van der Waals surface area contributed by atoms with Crippen molar-refractivity contribution < 1.29 is 13.2 Å². The van der Waals surface area contributed by atoms with Crippen LogP contribution in [-0.4, -0.2) is 24.1 Å². The molecular formula is C18H18N4O3S. The number of aromatic nitrogens is 2. The lowest BCUT2D eigenvalue weighted by Gasteiger charge is -2.18. The van der Waals surface area contributed by atoms with Crippen LogP contribution in [0.5, 0.6) is 0 Å². The maximum Gasteiger partial charge on any atom is 0.251 e. The third kappa shape index (κ3) is 3.81. The zero-order valence-electron chi connectivity index (χ0n) is 14.0. The maximum absolute atomic E-state index is 12.5. The molecule has 0 aliphatic carbocycles. The summed E-state index contributed by atoms with van der Waals surface area (Å²) in [5, 5.41) is 12.2. The molecule has 0 aliphatic heterocycles. The quantitative estimate of drug-likeness (QED) is 0.716. The van der Waals surface area contributed by atoms with Crippen molar-refractivity contribution in [3.05, 3.63) is 78.1 Å². The lowest BCUT2D eigenvalue weighted by molar-refractivity contribution is 0.0940. The average Bonchev–Trinajstić information content (AvgIpc) is 3.15. The first-order valence-electron chi connectivity index (χ1n) is 7.89. The van der Waals surface area contributed by atoms with Crippen LogP contribution in [0.1, 0.15) is 28.9 Å². The fourth-order valence-corrected chi connectivity index (χ4v) is 3.14. The Labute approximate surface area is 151 Å². The second kappa shape index (κ2) is 7.11. The number of carbonyl (C=O) groups is 1. The Morgan fingerprint density at radius 1 is 1.12 bits per heavy atom. The Kier molecular flexibility index (Phi) is 4.88. The first-order valence-corrected chi connectivity index (χ1v) is 9.43. The molecule has 26 heavy (non-hydrogen) atoms. The highest BCUT2D eigenvalue weighted by atomic mass is 32.2. The van der Waals surface area contributed by atoms with Crippen molar-refractivity contribution in [2.24, 2.45) is 5.14 Å². The van der Waals surface area contributed by atoms with Crippen molar-refractivity contribution in [2.75, 3.05) is 0 Å². The molecule has 3 rings (SSSR count). The third-order valence-corrected chi connectivity index (χ3v) is 4.88. The van der Waals surface area contributed by atoms with E-state index in [4.69, 9.17) is 5.14 Å². The first-order chi connectivity index (χ1) is 12.4. The van der Waals surface area contributed by atoms with E-state index in [1.54, 1.807) is 10.9 Å². The van der Waals surface area contributed by atoms with Crippen LogP contribution < -0.4 is 10.5 Å². The highest BCUT2D eigenvalue weighted by molar-refractivity contribution is 7.89. The number of primary sulfonamides is 1. The predicted octanol–water partition coefficient (Wildman–Crippen LogP) is 2.01. The van der Waals surface area contributed by atoms with Crippen LogP contribution in [-0.2, 0) is 10.0 Å². The first kappa shape index (κ1) is 17.8. The van der Waals surface area contributed by atoms with E-state index >= 15 is 0 Å². The molecular weight excluding hydrogens is 352 g/mol. The van der Waals surface area contributed by atoms with Crippen LogP contribution in [0.4, 0.5) is 0 Å². The summed E-state index contributed by atoms with van der Waals surface area (Å²) in [6, 6.07) is 14.7. The van der Waals surface area contributed by atoms with Crippen LogP contribution in [0.2, 0.25) is 0 Å². The number of sulfonamides is 1. The molecule has 0 unspecified atom stereocenters. The van der Waals surface area contributed by atoms with E-state index in [1.165, 1.54) is 24.3 Å². The number of amides is 1. The van der Waals surface area contributed by atoms with Crippen LogP contribution in [0, 0.1) is 0 Å². The Balaban J connectivity index is 1.80. The lowest BCUT2D eigenvalue weighted by atomic mass is 10.1. The second-order valence-electron chi connectivity index (χ2n) is 5.77. The van der Waals surface area contributed by atoms with Gasteiger partial charge in [0.1, 0.15) is 0 Å². The molecule has 0 radical (unpaired) electrons. The Hall–Kier alpha value is -2.97. The molecule has 0 saturated carbocycles. The topological polar surface area (TPSA) is 107 Å². The van der Waals surface area contributed by atoms with Gasteiger partial charge in [0, 0.05) is 18.0 Å². The summed E-state index contributed by atoms with van der Waals surface area (Å²) in [5.41, 5.74) is 2.13. The van der Waals surface area contributed by atoms with Gasteiger partial charge in [-0.1, -0.05) is 18.2 Å². The van der Waals surface area contributed by atoms with Crippen LogP contribution in [0.3, 0.4) is 0 Å². The van der Waals surface area contributed by atoms with Gasteiger partial charge in [0.05, 0.1) is 16.6 Å². The maximum atomic E-state index is 12.5. The summed E-state index contributed by atoms with van der Waals surface area (Å²) in [6.07, 6.45) is 3.52. The predicted molar refractivity (Wildman–Crippen MR) is 97.3 cm³/mol. The van der Waals surface area contributed by atoms with Crippen LogP contribution >= 0.6 is 0 Å². The molecule has 0 fully saturated rings. The molecule has 1 atom stereocenters. The summed E-state index contributed by atoms with van der Waals surface area (Å²) in [5.74, 6) is -0.311. The summed E-state index contributed by atoms with van der Waals surface area (Å²) < 4.78 is 24.3. The van der Waals surface area contributed by atoms with Gasteiger partial charge in [-0.05, 0) is 48.9 Å². The van der Waals surface area contributed by atoms with Gasteiger partial charge in [-0.3, -0.25) is 4.79 Å². The molecule has 7 nitrogen and oxygen atoms in total. The van der Waals surface area contributed by atoms with E-state index in [0.29, 0.717) is 5.56 Å². The number of hydrogen-bond donors (Lipinski definition) is 2. The number of nitrogens with one attached hydrogen (secondary N) is 1. The van der Waals surface area contributed by atoms with Crippen molar-refractivity contribution in [1.82, 2.24) is 15.1 Å². The smallest absolute Gasteiger partial charge is 0.251 e. The Morgan fingerprint density at radius 2 is 1.81 bits per heavy atom. The zero-order valence-corrected chi connectivity index (χ0v) is 14.8. The van der Waals surface area contributed by atoms with Crippen molar-refractivity contribution >= 4 is 15.9 Å². The number of rotatable bonds is 5. The SMILES string of the molecule is C[C@@H](NC(=O)c1ccc(S(N)(=O)=O)cc1)c1ccccc1-n1cccn1. The minimum atomic E-state index is -3.78. The number of hydrogen-bond acceptors (Lipinski definition) is 4. The normalized spacial score (nSPS) is 12.5. The minimum Gasteiger partial charge on any atom is -0.345 e. The van der Waals surface area contributed by atoms with Gasteiger partial charge in [-0.15, -0.1) is 0 Å². The standard InChI is InChI=1S/C18H18N4O3S/c1-13(16-5-2-3-6-17(16)22-12-4-11-20-22)21-18(23)14-7-9-15(10-8-14)26(19,24)25/h2-13H,1H3,(H,21,23)(H2,19,24,25)/t13-/m1/s1. The molecule has 1 aromatic heterocycles. The third-order valence-electron chi connectivity index (χ3n) is 3.95. The van der Waals surface area contributed by atoms with Gasteiger partial charge in [0.15, 0.2) is 0 Å². The molecule has 2 aromatic carbocycles. The zero-order chi connectivity index (χ0) is 18.7. The average molecular weight is 370 g/mol. The number of carbonyl (C=O) groups excluding carboxylic acids is 1. The summed E-state index contributed by atoms with van der Waals surface area (Å²) >= 11 is 0. The van der Waals surface area contributed by atoms with Crippen molar-refractivity contribution in [3.8, 4) is 5.69 Å². The molecule has 3 aromatic rings. The van der Waals surface area contributed by atoms with Crippen molar-refractivity contribution in [3.63, 3.8) is 0 Å². The fraction of sp³-hybridized carbons (Fsp3) is 0.111. The van der Waals surface area contributed by atoms with Gasteiger partial charge in [0.2, 0.25) is 10.0 Å². The van der Waals surface area contributed by atoms with Crippen LogP contribution in [0.15, 0.2) is 71.9 Å². The highest BCUT2D eigenvalue weighted by Gasteiger charge is 2.16. The second-order valence-corrected chi connectivity index (χ2v) is 7.34. The van der Waals surface area contributed by atoms with E-state index < -0.39 is 10.0 Å². The molecule has 0 saturated heterocycles. The molecule has 0 bridgehead atoms. The molecule has 8 heteroatoms. The number of nitrogens with zero attached hydrogens (tertiary/aromatic N) is 2. The van der Waals surface area contributed by atoms with Crippen molar-refractivity contribution in [2.45, 2.75) is 17.9 Å². The lowest BCUT2D eigenvalue weighted by Crippen LogP contribution is -2.27. The van der Waals surface area contributed by atoms with E-state index in [2.05, 4.69) is 10.4 Å². The molecule has 134 valence electrons. The van der Waals surface area contributed by atoms with Crippen LogP contribution in [0.25, 0.3) is 5.69 Å². The Morgan fingerprint density at radius 3 is 2.42 bits per heavy atom. The number of nitrogens with two attached hydrogens (primary N) is 1. The van der Waals surface area contributed by atoms with E-state index in [0.717, 1.165) is 11.3 Å². The molecule has 0 aliphatic rings. The molecule has 1 amide bonds. The van der Waals surface area contributed by atoms with E-state index in [9.17, 15) is 13.2 Å². The summed E-state index contributed by atoms with van der Waals surface area (Å²) in [4.78, 5) is 12.4. The van der Waals surface area contributed by atoms with Gasteiger partial charge >= 0.3 is 0 Å². The van der Waals surface area contributed by atoms with Gasteiger partial charge in [-0.25, -0.2) is 18.2 Å². The van der Waals surface area contributed by atoms with E-state index in [-0.39, 0.29) is 16.8 Å². The van der Waals surface area contributed by atoms with Gasteiger partial charge in [-0.2, -0.15) is 5.10 Å². The molecule has 3 N–H and O–H groups in total. The van der Waals surface area contributed by atoms with Gasteiger partial charge in [0.25, 0.3) is 5.91 Å². The fourth-order valence-electron chi connectivity index (χ4n) is 2.63. The number of para-hydroxylation sites is 1. The van der Waals surface area contributed by atoms with E-state index in [1.807, 2.05) is 43.5 Å². The van der Waals surface area contributed by atoms with Crippen molar-refractivity contribution in [1.29, 1.82) is 0 Å². The monoisotopic (exact) mass is 370 g/mol. The summed E-state index contributed by atoms with van der Waals surface area (Å²) in [7, 11) is -3.78. The van der Waals surface area contributed by atoms with Gasteiger partial charge < -0.3 is 5.32 Å². The highest BCUT2D eigenvalue weighted by Crippen LogP contribution is 2.21. The molecule has 1 heterocycles. The molecule has 0 spiro atoms. The minimum absolute atomic E-state index is 0.0360. The Bertz CT molecular complexity index is 1010. The number of benzene rings is 2.